The Labute approximate surface area is 161 Å². The quantitative estimate of drug-likeness (QED) is 0.609. The monoisotopic (exact) mass is 384 g/mol. The highest BCUT2D eigenvalue weighted by atomic mass is 32.1. The molecule has 1 aromatic heterocycles. The molecule has 7 heteroatoms. The number of nitrogens with zero attached hydrogens (tertiary/aromatic N) is 2. The van der Waals surface area contributed by atoms with Crippen molar-refractivity contribution >= 4 is 27.5 Å². The van der Waals surface area contributed by atoms with Gasteiger partial charge in [-0.1, -0.05) is 29.5 Å². The van der Waals surface area contributed by atoms with Gasteiger partial charge in [-0.05, 0) is 24.3 Å². The Balaban J connectivity index is 2.24. The number of rotatable bonds is 6. The summed E-state index contributed by atoms with van der Waals surface area (Å²) in [7, 11) is 4.63. The molecule has 0 aliphatic heterocycles. The minimum Gasteiger partial charge on any atom is -0.496 e. The standard InChI is InChI=1S/C20H20N2O4S/c1-5-12-22-18-15(26-4)10-7-11-16(18)27-20(22)21-19(23)17-13(24-2)8-6-9-14(17)25-3/h5-11H,1,12H2,2-4H3. The number of allylic oxidation sites excluding steroid dienone is 1. The van der Waals surface area contributed by atoms with Crippen molar-refractivity contribution in [1.82, 2.24) is 4.57 Å². The fourth-order valence-corrected chi connectivity index (χ4v) is 3.91. The topological polar surface area (TPSA) is 62.1 Å². The van der Waals surface area contributed by atoms with Crippen LogP contribution >= 0.6 is 11.3 Å². The van der Waals surface area contributed by atoms with Crippen LogP contribution in [0.25, 0.3) is 10.2 Å². The lowest BCUT2D eigenvalue weighted by Crippen LogP contribution is -2.17. The van der Waals surface area contributed by atoms with Crippen molar-refractivity contribution in [3.8, 4) is 17.2 Å². The molecule has 0 aliphatic carbocycles. The van der Waals surface area contributed by atoms with E-state index in [0.717, 1.165) is 16.0 Å². The Morgan fingerprint density at radius 3 is 2.26 bits per heavy atom. The highest BCUT2D eigenvalue weighted by molar-refractivity contribution is 7.16. The van der Waals surface area contributed by atoms with Crippen LogP contribution in [0.5, 0.6) is 17.2 Å². The number of ether oxygens (including phenoxy) is 3. The first-order chi connectivity index (χ1) is 13.1. The lowest BCUT2D eigenvalue weighted by atomic mass is 10.1. The summed E-state index contributed by atoms with van der Waals surface area (Å²) >= 11 is 1.41. The Kier molecular flexibility index (Phi) is 5.61. The molecule has 0 aliphatic rings. The molecule has 0 N–H and O–H groups in total. The molecule has 0 unspecified atom stereocenters. The van der Waals surface area contributed by atoms with Crippen LogP contribution in [0.4, 0.5) is 0 Å². The lowest BCUT2D eigenvalue weighted by Gasteiger charge is -2.10. The van der Waals surface area contributed by atoms with Crippen LogP contribution in [0.1, 0.15) is 10.4 Å². The summed E-state index contributed by atoms with van der Waals surface area (Å²) in [5.74, 6) is 1.11. The second-order valence-corrected chi connectivity index (χ2v) is 6.55. The predicted molar refractivity (Wildman–Crippen MR) is 106 cm³/mol. The van der Waals surface area contributed by atoms with Crippen LogP contribution in [-0.4, -0.2) is 31.8 Å². The Morgan fingerprint density at radius 1 is 1.07 bits per heavy atom. The van der Waals surface area contributed by atoms with Gasteiger partial charge in [0.2, 0.25) is 0 Å². The van der Waals surface area contributed by atoms with Crippen molar-refractivity contribution in [1.29, 1.82) is 0 Å². The van der Waals surface area contributed by atoms with E-state index in [-0.39, 0.29) is 5.56 Å². The van der Waals surface area contributed by atoms with E-state index in [1.54, 1.807) is 31.4 Å². The number of benzene rings is 2. The van der Waals surface area contributed by atoms with Gasteiger partial charge in [0.1, 0.15) is 28.3 Å². The van der Waals surface area contributed by atoms with Crippen molar-refractivity contribution in [2.24, 2.45) is 4.99 Å². The van der Waals surface area contributed by atoms with Gasteiger partial charge in [0.05, 0.1) is 26.0 Å². The van der Waals surface area contributed by atoms with E-state index < -0.39 is 5.91 Å². The molecule has 6 nitrogen and oxygen atoms in total. The van der Waals surface area contributed by atoms with E-state index in [0.29, 0.717) is 22.8 Å². The van der Waals surface area contributed by atoms with Crippen molar-refractivity contribution in [3.05, 3.63) is 59.4 Å². The zero-order valence-corrected chi connectivity index (χ0v) is 16.2. The number of para-hydroxylation sites is 1. The van der Waals surface area contributed by atoms with E-state index in [1.165, 1.54) is 25.6 Å². The summed E-state index contributed by atoms with van der Waals surface area (Å²) in [6.07, 6.45) is 1.76. The molecule has 140 valence electrons. The first kappa shape index (κ1) is 18.7. The first-order valence-corrected chi connectivity index (χ1v) is 9.03. The minimum absolute atomic E-state index is 0.289. The summed E-state index contributed by atoms with van der Waals surface area (Å²) in [6.45, 7) is 4.30. The highest BCUT2D eigenvalue weighted by Crippen LogP contribution is 2.30. The van der Waals surface area contributed by atoms with Crippen LogP contribution in [0.2, 0.25) is 0 Å². The fourth-order valence-electron chi connectivity index (χ4n) is 2.85. The Bertz CT molecular complexity index is 1040. The number of aromatic nitrogens is 1. The highest BCUT2D eigenvalue weighted by Gasteiger charge is 2.19. The normalized spacial score (nSPS) is 11.4. The maximum atomic E-state index is 13.0. The van der Waals surface area contributed by atoms with Gasteiger partial charge in [-0.3, -0.25) is 4.79 Å². The van der Waals surface area contributed by atoms with Crippen molar-refractivity contribution in [3.63, 3.8) is 0 Å². The SMILES string of the molecule is C=CCn1c(=NC(=O)c2c(OC)cccc2OC)sc2cccc(OC)c21. The average Bonchev–Trinajstić information content (AvgIpc) is 3.04. The molecule has 1 amide bonds. The smallest absolute Gasteiger partial charge is 0.287 e. The van der Waals surface area contributed by atoms with Gasteiger partial charge in [-0.2, -0.15) is 4.99 Å². The van der Waals surface area contributed by atoms with Crippen LogP contribution in [0.3, 0.4) is 0 Å². The molecule has 2 aromatic carbocycles. The van der Waals surface area contributed by atoms with E-state index in [1.807, 2.05) is 22.8 Å². The molecule has 1 heterocycles. The molecule has 27 heavy (non-hydrogen) atoms. The van der Waals surface area contributed by atoms with Gasteiger partial charge in [0, 0.05) is 6.54 Å². The number of carbonyl (C=O) groups excluding carboxylic acids is 1. The zero-order chi connectivity index (χ0) is 19.4. The predicted octanol–water partition coefficient (Wildman–Crippen LogP) is 3.66. The van der Waals surface area contributed by atoms with Gasteiger partial charge in [0.15, 0.2) is 4.80 Å². The fraction of sp³-hybridized carbons (Fsp3) is 0.200. The largest absolute Gasteiger partial charge is 0.496 e. The average molecular weight is 384 g/mol. The van der Waals surface area contributed by atoms with Crippen LogP contribution in [-0.2, 0) is 6.54 Å². The molecule has 3 rings (SSSR count). The number of carbonyl (C=O) groups is 1. The molecule has 0 atom stereocenters. The van der Waals surface area contributed by atoms with E-state index >= 15 is 0 Å². The molecule has 0 fully saturated rings. The maximum Gasteiger partial charge on any atom is 0.287 e. The van der Waals surface area contributed by atoms with Crippen molar-refractivity contribution in [2.45, 2.75) is 6.54 Å². The number of hydrogen-bond acceptors (Lipinski definition) is 5. The molecule has 0 saturated carbocycles. The number of methoxy groups -OCH3 is 3. The summed E-state index contributed by atoms with van der Waals surface area (Å²) < 4.78 is 19.0. The van der Waals surface area contributed by atoms with E-state index in [2.05, 4.69) is 11.6 Å². The molecular formula is C20H20N2O4S. The number of hydrogen-bond donors (Lipinski definition) is 0. The Hall–Kier alpha value is -3.06. The third-order valence-electron chi connectivity index (χ3n) is 4.03. The summed E-state index contributed by atoms with van der Waals surface area (Å²) in [5, 5.41) is 0. The zero-order valence-electron chi connectivity index (χ0n) is 15.4. The van der Waals surface area contributed by atoms with Gasteiger partial charge in [0.25, 0.3) is 5.91 Å². The molecular weight excluding hydrogens is 364 g/mol. The summed E-state index contributed by atoms with van der Waals surface area (Å²) in [4.78, 5) is 17.9. The molecule has 0 spiro atoms. The second kappa shape index (κ2) is 8.09. The van der Waals surface area contributed by atoms with Crippen molar-refractivity contribution in [2.75, 3.05) is 21.3 Å². The lowest BCUT2D eigenvalue weighted by molar-refractivity contribution is 0.0992. The van der Waals surface area contributed by atoms with E-state index in [4.69, 9.17) is 14.2 Å². The van der Waals surface area contributed by atoms with Gasteiger partial charge < -0.3 is 18.8 Å². The van der Waals surface area contributed by atoms with Crippen LogP contribution < -0.4 is 19.0 Å². The molecule has 0 saturated heterocycles. The number of thiazole rings is 1. The third-order valence-corrected chi connectivity index (χ3v) is 5.08. The van der Waals surface area contributed by atoms with Crippen molar-refractivity contribution < 1.29 is 19.0 Å². The summed E-state index contributed by atoms with van der Waals surface area (Å²) in [6, 6.07) is 10.9. The number of amides is 1. The molecule has 0 radical (unpaired) electrons. The number of fused-ring (bicyclic) bond motifs is 1. The minimum atomic E-state index is -0.437. The summed E-state index contributed by atoms with van der Waals surface area (Å²) in [5.41, 5.74) is 1.17. The third kappa shape index (κ3) is 3.46. The van der Waals surface area contributed by atoms with Gasteiger partial charge >= 0.3 is 0 Å². The van der Waals surface area contributed by atoms with E-state index in [9.17, 15) is 4.79 Å². The second-order valence-electron chi connectivity index (χ2n) is 5.55. The Morgan fingerprint density at radius 2 is 1.67 bits per heavy atom. The van der Waals surface area contributed by atoms with Gasteiger partial charge in [-0.15, -0.1) is 6.58 Å². The first-order valence-electron chi connectivity index (χ1n) is 8.21. The van der Waals surface area contributed by atoms with Gasteiger partial charge in [-0.25, -0.2) is 0 Å². The maximum absolute atomic E-state index is 13.0. The van der Waals surface area contributed by atoms with Crippen LogP contribution in [0, 0.1) is 0 Å². The molecule has 3 aromatic rings. The molecule has 0 bridgehead atoms. The van der Waals surface area contributed by atoms with Crippen LogP contribution in [0.15, 0.2) is 54.0 Å².